The smallest absolute Gasteiger partial charge is 0.352 e. The standard InChI is InChI=1S/C14H20N3O5P/c1-9(15)23(21,22)12(14(19)20)8-17-13(18)11(16)7-10-5-3-2-4-6-10/h2-6,11-12,15,21-22H,7-8,16H2,1H3,(H-,17,18,19,20)/p+1/t11-,12?/m0/s1. The third-order valence-corrected chi connectivity index (χ3v) is 5.58. The van der Waals surface area contributed by atoms with Gasteiger partial charge < -0.3 is 16.2 Å². The third-order valence-electron chi connectivity index (χ3n) is 3.32. The minimum absolute atomic E-state index is 0.270. The third kappa shape index (κ3) is 5.37. The Morgan fingerprint density at radius 3 is 2.35 bits per heavy atom. The lowest BCUT2D eigenvalue weighted by atomic mass is 10.1. The topological polar surface area (TPSA) is 157 Å². The molecule has 23 heavy (non-hydrogen) atoms. The van der Waals surface area contributed by atoms with Gasteiger partial charge in [-0.05, 0) is 12.0 Å². The Morgan fingerprint density at radius 1 is 1.30 bits per heavy atom. The molecule has 0 saturated heterocycles. The Balaban J connectivity index is 2.65. The molecule has 126 valence electrons. The highest BCUT2D eigenvalue weighted by Crippen LogP contribution is 2.55. The molecule has 1 unspecified atom stereocenters. The van der Waals surface area contributed by atoms with Crippen molar-refractivity contribution in [1.29, 1.82) is 5.41 Å². The van der Waals surface area contributed by atoms with Crippen LogP contribution < -0.4 is 11.1 Å². The van der Waals surface area contributed by atoms with Crippen LogP contribution in [0.2, 0.25) is 0 Å². The number of carboxylic acid groups (broad SMARTS) is 1. The fraction of sp³-hybridized carbons (Fsp3) is 0.357. The molecule has 1 aromatic rings. The minimum atomic E-state index is -4.11. The normalized spacial score (nSPS) is 13.9. The quantitative estimate of drug-likeness (QED) is 0.287. The number of carbonyl (C=O) groups excluding carboxylic acids is 1. The van der Waals surface area contributed by atoms with E-state index >= 15 is 0 Å². The number of carbonyl (C=O) groups is 2. The number of benzene rings is 1. The number of hydrogen-bond donors (Lipinski definition) is 6. The summed E-state index contributed by atoms with van der Waals surface area (Å²) in [5.74, 6) is -2.09. The van der Waals surface area contributed by atoms with Gasteiger partial charge in [0.25, 0.3) is 0 Å². The molecular weight excluding hydrogens is 321 g/mol. The van der Waals surface area contributed by atoms with Crippen LogP contribution in [0.3, 0.4) is 0 Å². The average molecular weight is 342 g/mol. The van der Waals surface area contributed by atoms with E-state index in [0.717, 1.165) is 12.5 Å². The molecule has 0 aliphatic carbocycles. The van der Waals surface area contributed by atoms with Gasteiger partial charge in [-0.3, -0.25) is 10.2 Å². The Hall–Kier alpha value is -1.86. The second kappa shape index (κ2) is 8.12. The van der Waals surface area contributed by atoms with Crippen molar-refractivity contribution >= 4 is 25.0 Å². The van der Waals surface area contributed by atoms with Crippen LogP contribution in [0.5, 0.6) is 0 Å². The summed E-state index contributed by atoms with van der Waals surface area (Å²) in [5, 5.41) is 18.7. The van der Waals surface area contributed by atoms with Crippen molar-refractivity contribution in [2.75, 3.05) is 6.54 Å². The number of nitrogens with two attached hydrogens (primary N) is 1. The molecule has 0 bridgehead atoms. The van der Waals surface area contributed by atoms with Gasteiger partial charge in [0.2, 0.25) is 17.0 Å². The first-order valence-electron chi connectivity index (χ1n) is 6.86. The maximum absolute atomic E-state index is 11.9. The first-order valence-corrected chi connectivity index (χ1v) is 8.62. The molecule has 0 saturated carbocycles. The van der Waals surface area contributed by atoms with Crippen LogP contribution in [-0.2, 0) is 16.0 Å². The van der Waals surface area contributed by atoms with E-state index in [1.165, 1.54) is 0 Å². The van der Waals surface area contributed by atoms with Gasteiger partial charge in [0.15, 0.2) is 0 Å². The highest BCUT2D eigenvalue weighted by molar-refractivity contribution is 7.82. The lowest BCUT2D eigenvalue weighted by molar-refractivity contribution is -0.136. The maximum Gasteiger partial charge on any atom is 0.352 e. The summed E-state index contributed by atoms with van der Waals surface area (Å²) in [5.41, 5.74) is 4.44. The molecule has 0 spiro atoms. The van der Waals surface area contributed by atoms with E-state index in [2.05, 4.69) is 5.32 Å². The molecule has 0 radical (unpaired) electrons. The fourth-order valence-corrected chi connectivity index (χ4v) is 3.01. The monoisotopic (exact) mass is 342 g/mol. The van der Waals surface area contributed by atoms with Gasteiger partial charge in [-0.2, -0.15) is 0 Å². The van der Waals surface area contributed by atoms with Gasteiger partial charge in [-0.15, -0.1) is 0 Å². The number of amides is 1. The summed E-state index contributed by atoms with van der Waals surface area (Å²) in [6.45, 7) is 0.611. The molecule has 0 aromatic heterocycles. The van der Waals surface area contributed by atoms with E-state index in [4.69, 9.17) is 16.2 Å². The summed E-state index contributed by atoms with van der Waals surface area (Å²) >= 11 is 0. The van der Waals surface area contributed by atoms with Gasteiger partial charge in [0.05, 0.1) is 12.6 Å². The van der Waals surface area contributed by atoms with Crippen molar-refractivity contribution in [2.45, 2.75) is 25.0 Å². The number of aliphatic carboxylic acids is 1. The minimum Gasteiger partial charge on any atom is -0.478 e. The summed E-state index contributed by atoms with van der Waals surface area (Å²) in [7, 11) is -4.11. The predicted octanol–water partition coefficient (Wildman–Crippen LogP) is -0.0448. The van der Waals surface area contributed by atoms with Crippen molar-refractivity contribution in [3.05, 3.63) is 35.9 Å². The molecule has 8 nitrogen and oxygen atoms in total. The molecule has 1 rings (SSSR count). The van der Waals surface area contributed by atoms with Crippen LogP contribution in [0.25, 0.3) is 0 Å². The molecular formula is C14H21N3O5P+. The SMILES string of the molecule is CC(=N)[P+](O)(O)C(CNC(=O)[C@@H](N)Cc1ccccc1)C(=O)O. The molecule has 1 amide bonds. The van der Waals surface area contributed by atoms with Crippen LogP contribution in [0.1, 0.15) is 12.5 Å². The highest BCUT2D eigenvalue weighted by atomic mass is 31.2. The average Bonchev–Trinajstić information content (AvgIpc) is 2.47. The molecule has 2 atom stereocenters. The van der Waals surface area contributed by atoms with Gasteiger partial charge in [0, 0.05) is 6.92 Å². The van der Waals surface area contributed by atoms with Crippen molar-refractivity contribution in [3.8, 4) is 0 Å². The van der Waals surface area contributed by atoms with E-state index in [1.54, 1.807) is 0 Å². The van der Waals surface area contributed by atoms with Crippen molar-refractivity contribution in [1.82, 2.24) is 5.32 Å². The van der Waals surface area contributed by atoms with Gasteiger partial charge in [-0.25, -0.2) is 14.6 Å². The summed E-state index contributed by atoms with van der Waals surface area (Å²) in [6.07, 6.45) is 0.270. The zero-order valence-corrected chi connectivity index (χ0v) is 13.5. The Morgan fingerprint density at radius 2 is 1.87 bits per heavy atom. The Bertz CT molecular complexity index is 579. The van der Waals surface area contributed by atoms with Crippen molar-refractivity contribution < 1.29 is 24.5 Å². The van der Waals surface area contributed by atoms with E-state index < -0.39 is 43.3 Å². The van der Waals surface area contributed by atoms with Crippen LogP contribution in [0, 0.1) is 5.41 Å². The van der Waals surface area contributed by atoms with Crippen LogP contribution >= 0.6 is 7.72 Å². The maximum atomic E-state index is 11.9. The molecule has 0 aliphatic heterocycles. The van der Waals surface area contributed by atoms with E-state index in [1.807, 2.05) is 30.3 Å². The van der Waals surface area contributed by atoms with E-state index in [0.29, 0.717) is 0 Å². The number of hydrogen-bond acceptors (Lipinski definition) is 6. The highest BCUT2D eigenvalue weighted by Gasteiger charge is 2.52. The number of nitrogens with one attached hydrogen (secondary N) is 2. The van der Waals surface area contributed by atoms with Gasteiger partial charge in [0.1, 0.15) is 0 Å². The largest absolute Gasteiger partial charge is 0.478 e. The van der Waals surface area contributed by atoms with Crippen molar-refractivity contribution in [3.63, 3.8) is 0 Å². The van der Waals surface area contributed by atoms with Crippen LogP contribution in [0.15, 0.2) is 30.3 Å². The lowest BCUT2D eigenvalue weighted by Crippen LogP contribution is -2.46. The van der Waals surface area contributed by atoms with Gasteiger partial charge >= 0.3 is 13.7 Å². The predicted molar refractivity (Wildman–Crippen MR) is 87.3 cm³/mol. The number of rotatable bonds is 8. The zero-order chi connectivity index (χ0) is 17.6. The fourth-order valence-electron chi connectivity index (χ4n) is 1.89. The zero-order valence-electron chi connectivity index (χ0n) is 12.6. The first-order chi connectivity index (χ1) is 10.7. The summed E-state index contributed by atoms with van der Waals surface area (Å²) in [4.78, 5) is 42.7. The second-order valence-electron chi connectivity index (χ2n) is 5.13. The van der Waals surface area contributed by atoms with Gasteiger partial charge in [-0.1, -0.05) is 30.3 Å². The van der Waals surface area contributed by atoms with Crippen molar-refractivity contribution in [2.24, 2.45) is 5.73 Å². The molecule has 0 fully saturated rings. The van der Waals surface area contributed by atoms with Crippen LogP contribution in [0.4, 0.5) is 0 Å². The number of carboxylic acids is 1. The molecule has 7 N–H and O–H groups in total. The van der Waals surface area contributed by atoms with E-state index in [-0.39, 0.29) is 6.42 Å². The molecule has 1 aromatic carbocycles. The van der Waals surface area contributed by atoms with Crippen LogP contribution in [-0.4, -0.2) is 50.5 Å². The second-order valence-corrected chi connectivity index (χ2v) is 7.72. The summed E-state index contributed by atoms with van der Waals surface area (Å²) in [6, 6.07) is 8.18. The van der Waals surface area contributed by atoms with E-state index in [9.17, 15) is 19.4 Å². The first kappa shape index (κ1) is 19.2. The molecule has 0 heterocycles. The lowest BCUT2D eigenvalue weighted by Gasteiger charge is -2.19. The molecule has 0 aliphatic rings. The summed E-state index contributed by atoms with van der Waals surface area (Å²) < 4.78 is 0. The Kier molecular flexibility index (Phi) is 6.78. The molecule has 9 heteroatoms. The Labute approximate surface area is 134 Å².